The summed E-state index contributed by atoms with van der Waals surface area (Å²) in [6, 6.07) is 7.86. The molecule has 0 N–H and O–H groups in total. The highest BCUT2D eigenvalue weighted by Gasteiger charge is 2.25. The highest BCUT2D eigenvalue weighted by Crippen LogP contribution is 2.33. The van der Waals surface area contributed by atoms with Gasteiger partial charge in [0.2, 0.25) is 0 Å². The Balaban J connectivity index is 2.21. The summed E-state index contributed by atoms with van der Waals surface area (Å²) in [5, 5.41) is 0. The Morgan fingerprint density at radius 2 is 1.94 bits per heavy atom. The van der Waals surface area contributed by atoms with Gasteiger partial charge in [0.15, 0.2) is 0 Å². The number of anilines is 1. The van der Waals surface area contributed by atoms with Crippen LogP contribution in [0.5, 0.6) is 0 Å². The molecule has 4 nitrogen and oxygen atoms in total. The van der Waals surface area contributed by atoms with Crippen molar-refractivity contribution in [1.82, 2.24) is 4.90 Å². The number of nitrogens with zero attached hydrogens (tertiary/aromatic N) is 3. The zero-order valence-electron chi connectivity index (χ0n) is 20.0. The first-order valence-corrected chi connectivity index (χ1v) is 14.5. The van der Waals surface area contributed by atoms with Crippen LogP contribution in [-0.2, 0) is 4.74 Å². The van der Waals surface area contributed by atoms with E-state index in [0.29, 0.717) is 13.3 Å². The SMILES string of the molecule is CN=C1/C(=C\C(C)Br)C=C(C#Cc2ccc(N(C)CCF)cc2)N1COCCS(C)(C)C. The first kappa shape index (κ1) is 26.5. The number of rotatable bonds is 9. The van der Waals surface area contributed by atoms with E-state index in [-0.39, 0.29) is 11.5 Å². The maximum Gasteiger partial charge on any atom is 0.137 e. The van der Waals surface area contributed by atoms with E-state index in [9.17, 15) is 4.39 Å². The molecular weight excluding hydrogens is 489 g/mol. The molecule has 0 aromatic heterocycles. The summed E-state index contributed by atoms with van der Waals surface area (Å²) in [5.41, 5.74) is 3.78. The lowest BCUT2D eigenvalue weighted by Crippen LogP contribution is -2.29. The van der Waals surface area contributed by atoms with Crippen molar-refractivity contribution >= 4 is 37.5 Å². The van der Waals surface area contributed by atoms with Crippen LogP contribution in [0.1, 0.15) is 12.5 Å². The summed E-state index contributed by atoms with van der Waals surface area (Å²) in [4.78, 5) is 8.65. The Hall–Kier alpha value is -1.75. The third-order valence-electron chi connectivity index (χ3n) is 4.84. The zero-order valence-corrected chi connectivity index (χ0v) is 22.4. The van der Waals surface area contributed by atoms with Crippen LogP contribution in [-0.4, -0.2) is 80.7 Å². The molecule has 0 radical (unpaired) electrons. The van der Waals surface area contributed by atoms with Crippen molar-refractivity contribution in [3.8, 4) is 11.8 Å². The lowest BCUT2D eigenvalue weighted by Gasteiger charge is -2.26. The molecule has 0 saturated carbocycles. The Bertz CT molecular complexity index is 908. The van der Waals surface area contributed by atoms with Gasteiger partial charge >= 0.3 is 0 Å². The minimum Gasteiger partial charge on any atom is -0.372 e. The van der Waals surface area contributed by atoms with Crippen LogP contribution in [0.25, 0.3) is 0 Å². The monoisotopic (exact) mass is 523 g/mol. The van der Waals surface area contributed by atoms with Crippen molar-refractivity contribution in [2.75, 3.05) is 70.1 Å². The number of hydrogen-bond donors (Lipinski definition) is 0. The second kappa shape index (κ2) is 12.5. The van der Waals surface area contributed by atoms with E-state index < -0.39 is 10.0 Å². The predicted octanol–water partition coefficient (Wildman–Crippen LogP) is 5.05. The molecule has 0 saturated heterocycles. The average Bonchev–Trinajstić information content (AvgIpc) is 3.04. The lowest BCUT2D eigenvalue weighted by molar-refractivity contribution is 0.0939. The van der Waals surface area contributed by atoms with Crippen LogP contribution in [0, 0.1) is 11.8 Å². The third kappa shape index (κ3) is 8.31. The van der Waals surface area contributed by atoms with Gasteiger partial charge in [-0.2, -0.15) is 0 Å². The summed E-state index contributed by atoms with van der Waals surface area (Å²) < 4.78 is 18.6. The molecule has 0 fully saturated rings. The maximum absolute atomic E-state index is 12.6. The van der Waals surface area contributed by atoms with Crippen LogP contribution in [0.4, 0.5) is 10.1 Å². The van der Waals surface area contributed by atoms with Gasteiger partial charge in [-0.05, 0) is 62.0 Å². The summed E-state index contributed by atoms with van der Waals surface area (Å²) in [6.07, 6.45) is 11.1. The fourth-order valence-electron chi connectivity index (χ4n) is 3.07. The van der Waals surface area contributed by atoms with Crippen molar-refractivity contribution in [1.29, 1.82) is 0 Å². The van der Waals surface area contributed by atoms with E-state index in [4.69, 9.17) is 4.74 Å². The molecule has 32 heavy (non-hydrogen) atoms. The minimum absolute atomic E-state index is 0.221. The molecule has 0 bridgehead atoms. The van der Waals surface area contributed by atoms with Gasteiger partial charge in [0.25, 0.3) is 0 Å². The molecule has 2 rings (SSSR count). The normalized spacial score (nSPS) is 17.9. The van der Waals surface area contributed by atoms with Gasteiger partial charge in [0.1, 0.15) is 19.2 Å². The van der Waals surface area contributed by atoms with E-state index in [2.05, 4.69) is 70.6 Å². The zero-order chi connectivity index (χ0) is 23.7. The van der Waals surface area contributed by atoms with Gasteiger partial charge in [-0.1, -0.05) is 27.9 Å². The molecule has 1 atom stereocenters. The molecule has 1 aliphatic rings. The fraction of sp³-hybridized carbons (Fsp3) is 0.480. The Morgan fingerprint density at radius 3 is 2.50 bits per heavy atom. The van der Waals surface area contributed by atoms with Crippen molar-refractivity contribution in [3.63, 3.8) is 0 Å². The molecule has 7 heteroatoms. The molecular formula is C25H35BrFN3OS. The molecule has 1 aromatic rings. The minimum atomic E-state index is -0.597. The van der Waals surface area contributed by atoms with Crippen molar-refractivity contribution in [3.05, 3.63) is 53.3 Å². The van der Waals surface area contributed by atoms with Gasteiger partial charge in [-0.15, -0.1) is 0 Å². The first-order chi connectivity index (χ1) is 15.1. The molecule has 1 unspecified atom stereocenters. The van der Waals surface area contributed by atoms with E-state index in [1.54, 1.807) is 7.05 Å². The fourth-order valence-corrected chi connectivity index (χ4v) is 3.97. The van der Waals surface area contributed by atoms with Crippen LogP contribution in [0.15, 0.2) is 52.7 Å². The van der Waals surface area contributed by atoms with Crippen molar-refractivity contribution in [2.24, 2.45) is 4.99 Å². The molecule has 176 valence electrons. The molecule has 1 heterocycles. The maximum atomic E-state index is 12.6. The number of alkyl halides is 2. The second-order valence-electron chi connectivity index (χ2n) is 8.54. The summed E-state index contributed by atoms with van der Waals surface area (Å²) in [7, 11) is 3.08. The number of hydrogen-bond acceptors (Lipinski definition) is 3. The first-order valence-electron chi connectivity index (χ1n) is 10.6. The highest BCUT2D eigenvalue weighted by atomic mass is 79.9. The smallest absolute Gasteiger partial charge is 0.137 e. The molecule has 0 amide bonds. The van der Waals surface area contributed by atoms with E-state index in [1.807, 2.05) is 41.1 Å². The van der Waals surface area contributed by atoms with Crippen molar-refractivity contribution in [2.45, 2.75) is 11.8 Å². The standard InChI is InChI=1S/C25H35BrFN3OS/c1-20(26)17-22-18-24(30(25(22)28-2)19-31-15-16-32(4,5)6)12-9-21-7-10-23(11-8-21)29(3)14-13-27/h7-8,10-11,17-18,20H,13-16,19H2,1-6H3/b22-17-,28-25?. The quantitative estimate of drug-likeness (QED) is 0.257. The van der Waals surface area contributed by atoms with Gasteiger partial charge in [-0.25, -0.2) is 14.4 Å². The van der Waals surface area contributed by atoms with E-state index >= 15 is 0 Å². The molecule has 0 spiro atoms. The Kier molecular flexibility index (Phi) is 10.3. The average molecular weight is 525 g/mol. The Morgan fingerprint density at radius 1 is 1.25 bits per heavy atom. The van der Waals surface area contributed by atoms with Crippen LogP contribution >= 0.6 is 26.0 Å². The highest BCUT2D eigenvalue weighted by molar-refractivity contribution is 9.09. The van der Waals surface area contributed by atoms with Gasteiger partial charge < -0.3 is 9.64 Å². The van der Waals surface area contributed by atoms with Crippen LogP contribution in [0.3, 0.4) is 0 Å². The number of aliphatic imine (C=N–C) groups is 1. The number of benzene rings is 1. The second-order valence-corrected chi connectivity index (χ2v) is 14.6. The van der Waals surface area contributed by atoms with Gasteiger partial charge in [0, 0.05) is 48.0 Å². The molecule has 1 aliphatic heterocycles. The number of ether oxygens (including phenoxy) is 1. The molecule has 0 aliphatic carbocycles. The van der Waals surface area contributed by atoms with Crippen LogP contribution < -0.4 is 4.90 Å². The Labute approximate surface area is 203 Å². The third-order valence-corrected chi connectivity index (χ3v) is 6.50. The number of amidine groups is 1. The van der Waals surface area contributed by atoms with Crippen molar-refractivity contribution < 1.29 is 9.13 Å². The topological polar surface area (TPSA) is 28.1 Å². The number of allylic oxidation sites excluding steroid dienone is 2. The summed E-state index contributed by atoms with van der Waals surface area (Å²) >= 11 is 3.60. The van der Waals surface area contributed by atoms with E-state index in [0.717, 1.165) is 40.7 Å². The van der Waals surface area contributed by atoms with Crippen LogP contribution in [0.2, 0.25) is 0 Å². The predicted molar refractivity (Wildman–Crippen MR) is 143 cm³/mol. The van der Waals surface area contributed by atoms with Gasteiger partial charge in [-0.3, -0.25) is 9.89 Å². The summed E-state index contributed by atoms with van der Waals surface area (Å²) in [6.45, 7) is 3.22. The number of halogens is 2. The lowest BCUT2D eigenvalue weighted by atomic mass is 10.2. The largest absolute Gasteiger partial charge is 0.372 e. The summed E-state index contributed by atoms with van der Waals surface area (Å²) in [5.74, 6) is 8.48. The van der Waals surface area contributed by atoms with Gasteiger partial charge in [0.05, 0.1) is 12.3 Å². The van der Waals surface area contributed by atoms with E-state index in [1.165, 1.54) is 0 Å². The molecule has 1 aromatic carbocycles.